The Bertz CT molecular complexity index is 1120. The van der Waals surface area contributed by atoms with Gasteiger partial charge in [-0.1, -0.05) is 60.7 Å². The van der Waals surface area contributed by atoms with Crippen molar-refractivity contribution >= 4 is 10.0 Å². The SMILES string of the molecule is O=S(=O)(c1cccnc1)n1nc(-c2ccccc2)cc1-c1ccccc1. The first-order chi connectivity index (χ1) is 12.7. The van der Waals surface area contributed by atoms with Crippen LogP contribution in [0.15, 0.2) is 96.2 Å². The number of rotatable bonds is 4. The van der Waals surface area contributed by atoms with Gasteiger partial charge in [-0.3, -0.25) is 4.98 Å². The van der Waals surface area contributed by atoms with Crippen LogP contribution in [0.1, 0.15) is 0 Å². The normalized spacial score (nSPS) is 11.4. The molecule has 0 fully saturated rings. The highest BCUT2D eigenvalue weighted by atomic mass is 32.2. The number of aromatic nitrogens is 3. The molecule has 0 aliphatic heterocycles. The molecule has 0 spiro atoms. The van der Waals surface area contributed by atoms with Crippen LogP contribution < -0.4 is 0 Å². The highest BCUT2D eigenvalue weighted by Gasteiger charge is 2.24. The lowest BCUT2D eigenvalue weighted by Gasteiger charge is -2.08. The molecule has 0 saturated heterocycles. The highest BCUT2D eigenvalue weighted by Crippen LogP contribution is 2.29. The molecule has 0 N–H and O–H groups in total. The molecule has 0 atom stereocenters. The van der Waals surface area contributed by atoms with Gasteiger partial charge in [-0.15, -0.1) is 0 Å². The van der Waals surface area contributed by atoms with E-state index >= 15 is 0 Å². The molecule has 2 aromatic heterocycles. The topological polar surface area (TPSA) is 64.8 Å². The monoisotopic (exact) mass is 361 g/mol. The molecule has 2 aromatic carbocycles. The Hall–Kier alpha value is -3.25. The summed E-state index contributed by atoms with van der Waals surface area (Å²) in [5.74, 6) is 0. The predicted octanol–water partition coefficient (Wildman–Crippen LogP) is 3.85. The van der Waals surface area contributed by atoms with E-state index in [4.69, 9.17) is 0 Å². The van der Waals surface area contributed by atoms with Crippen LogP contribution in [0.3, 0.4) is 0 Å². The third kappa shape index (κ3) is 2.91. The van der Waals surface area contributed by atoms with Crippen molar-refractivity contribution in [1.82, 2.24) is 14.2 Å². The molecule has 4 rings (SSSR count). The van der Waals surface area contributed by atoms with Crippen LogP contribution in [-0.4, -0.2) is 22.6 Å². The molecule has 128 valence electrons. The van der Waals surface area contributed by atoms with Crippen molar-refractivity contribution in [2.45, 2.75) is 4.90 Å². The third-order valence-corrected chi connectivity index (χ3v) is 5.55. The average Bonchev–Trinajstić information content (AvgIpc) is 3.16. The quantitative estimate of drug-likeness (QED) is 0.554. The summed E-state index contributed by atoms with van der Waals surface area (Å²) < 4.78 is 27.4. The van der Waals surface area contributed by atoms with Gasteiger partial charge in [-0.05, 0) is 18.2 Å². The first-order valence-electron chi connectivity index (χ1n) is 8.03. The summed E-state index contributed by atoms with van der Waals surface area (Å²) in [7, 11) is -3.86. The summed E-state index contributed by atoms with van der Waals surface area (Å²) in [6.45, 7) is 0. The lowest BCUT2D eigenvalue weighted by atomic mass is 10.1. The van der Waals surface area contributed by atoms with Gasteiger partial charge in [0.25, 0.3) is 10.0 Å². The van der Waals surface area contributed by atoms with Crippen molar-refractivity contribution < 1.29 is 8.42 Å². The zero-order valence-electron chi connectivity index (χ0n) is 13.7. The van der Waals surface area contributed by atoms with Gasteiger partial charge in [0.15, 0.2) is 0 Å². The maximum Gasteiger partial charge on any atom is 0.285 e. The molecule has 0 bridgehead atoms. The van der Waals surface area contributed by atoms with Gasteiger partial charge in [-0.2, -0.15) is 17.6 Å². The van der Waals surface area contributed by atoms with Gasteiger partial charge in [0.2, 0.25) is 0 Å². The van der Waals surface area contributed by atoms with E-state index in [9.17, 15) is 8.42 Å². The fourth-order valence-electron chi connectivity index (χ4n) is 2.70. The van der Waals surface area contributed by atoms with Gasteiger partial charge < -0.3 is 0 Å². The predicted molar refractivity (Wildman–Crippen MR) is 99.9 cm³/mol. The van der Waals surface area contributed by atoms with E-state index in [1.807, 2.05) is 60.7 Å². The Kier molecular flexibility index (Phi) is 4.10. The molecule has 0 amide bonds. The molecule has 0 radical (unpaired) electrons. The minimum Gasteiger partial charge on any atom is -0.263 e. The molecule has 6 heteroatoms. The smallest absolute Gasteiger partial charge is 0.263 e. The second-order valence-electron chi connectivity index (χ2n) is 5.68. The molecule has 0 unspecified atom stereocenters. The second-order valence-corrected chi connectivity index (χ2v) is 7.45. The maximum absolute atomic E-state index is 13.1. The van der Waals surface area contributed by atoms with Crippen molar-refractivity contribution in [1.29, 1.82) is 0 Å². The molecular weight excluding hydrogens is 346 g/mol. The zero-order chi connectivity index (χ0) is 18.0. The van der Waals surface area contributed by atoms with Gasteiger partial charge in [0, 0.05) is 23.5 Å². The molecular formula is C20H15N3O2S. The first kappa shape index (κ1) is 16.2. The Morgan fingerprint density at radius 1 is 0.769 bits per heavy atom. The molecule has 4 aromatic rings. The van der Waals surface area contributed by atoms with Crippen LogP contribution in [0.2, 0.25) is 0 Å². The zero-order valence-corrected chi connectivity index (χ0v) is 14.5. The second kappa shape index (κ2) is 6.57. The molecule has 5 nitrogen and oxygen atoms in total. The van der Waals surface area contributed by atoms with Gasteiger partial charge in [-0.25, -0.2) is 0 Å². The lowest BCUT2D eigenvalue weighted by Crippen LogP contribution is -2.16. The van der Waals surface area contributed by atoms with Crippen LogP contribution in [0.25, 0.3) is 22.5 Å². The van der Waals surface area contributed by atoms with Crippen LogP contribution in [0.5, 0.6) is 0 Å². The molecule has 0 aliphatic rings. The van der Waals surface area contributed by atoms with Crippen LogP contribution in [-0.2, 0) is 10.0 Å². The standard InChI is InChI=1S/C20H15N3O2S/c24-26(25,18-12-7-13-21-15-18)23-20(17-10-5-2-6-11-17)14-19(22-23)16-8-3-1-4-9-16/h1-15H. The van der Waals surface area contributed by atoms with Gasteiger partial charge in [0.1, 0.15) is 4.90 Å². The summed E-state index contributed by atoms with van der Waals surface area (Å²) >= 11 is 0. The summed E-state index contributed by atoms with van der Waals surface area (Å²) in [6.07, 6.45) is 2.86. The Balaban J connectivity index is 1.95. The van der Waals surface area contributed by atoms with E-state index in [0.29, 0.717) is 11.4 Å². The van der Waals surface area contributed by atoms with Crippen LogP contribution in [0, 0.1) is 0 Å². The van der Waals surface area contributed by atoms with Crippen molar-refractivity contribution in [3.63, 3.8) is 0 Å². The number of benzene rings is 2. The largest absolute Gasteiger partial charge is 0.285 e. The van der Waals surface area contributed by atoms with Crippen molar-refractivity contribution in [3.05, 3.63) is 91.3 Å². The van der Waals surface area contributed by atoms with Crippen molar-refractivity contribution in [2.24, 2.45) is 0 Å². The van der Waals surface area contributed by atoms with Gasteiger partial charge >= 0.3 is 0 Å². The van der Waals surface area contributed by atoms with Gasteiger partial charge in [0.05, 0.1) is 11.4 Å². The molecule has 0 aliphatic carbocycles. The Morgan fingerprint density at radius 2 is 1.42 bits per heavy atom. The van der Waals surface area contributed by atoms with E-state index in [2.05, 4.69) is 10.1 Å². The summed E-state index contributed by atoms with van der Waals surface area (Å²) in [5.41, 5.74) is 2.73. The lowest BCUT2D eigenvalue weighted by molar-refractivity contribution is 0.580. The Labute approximate surface area is 151 Å². The Morgan fingerprint density at radius 3 is 2.04 bits per heavy atom. The minimum absolute atomic E-state index is 0.0971. The minimum atomic E-state index is -3.86. The van der Waals surface area contributed by atoms with Crippen LogP contribution in [0.4, 0.5) is 0 Å². The van der Waals surface area contributed by atoms with E-state index in [1.165, 1.54) is 18.5 Å². The third-order valence-electron chi connectivity index (χ3n) is 3.98. The van der Waals surface area contributed by atoms with E-state index in [0.717, 1.165) is 15.2 Å². The number of hydrogen-bond acceptors (Lipinski definition) is 4. The molecule has 0 saturated carbocycles. The number of nitrogens with zero attached hydrogens (tertiary/aromatic N) is 3. The van der Waals surface area contributed by atoms with E-state index in [1.54, 1.807) is 12.1 Å². The molecule has 2 heterocycles. The molecule has 26 heavy (non-hydrogen) atoms. The fraction of sp³-hybridized carbons (Fsp3) is 0. The van der Waals surface area contributed by atoms with E-state index in [-0.39, 0.29) is 4.90 Å². The average molecular weight is 361 g/mol. The summed E-state index contributed by atoms with van der Waals surface area (Å²) in [4.78, 5) is 4.02. The number of hydrogen-bond donors (Lipinski definition) is 0. The van der Waals surface area contributed by atoms with E-state index < -0.39 is 10.0 Å². The summed E-state index contributed by atoms with van der Waals surface area (Å²) in [6, 6.07) is 23.7. The highest BCUT2D eigenvalue weighted by molar-refractivity contribution is 7.90. The van der Waals surface area contributed by atoms with Crippen LogP contribution >= 0.6 is 0 Å². The number of pyridine rings is 1. The fourth-order valence-corrected chi connectivity index (χ4v) is 3.96. The summed E-state index contributed by atoms with van der Waals surface area (Å²) in [5, 5.41) is 4.41. The maximum atomic E-state index is 13.1. The van der Waals surface area contributed by atoms with Crippen molar-refractivity contribution in [2.75, 3.05) is 0 Å². The first-order valence-corrected chi connectivity index (χ1v) is 9.47. The van der Waals surface area contributed by atoms with Crippen molar-refractivity contribution in [3.8, 4) is 22.5 Å².